The first-order valence-corrected chi connectivity index (χ1v) is 6.90. The molecule has 1 fully saturated rings. The van der Waals surface area contributed by atoms with Crippen LogP contribution in [0.15, 0.2) is 24.3 Å². The highest BCUT2D eigenvalue weighted by atomic mass is 19.1. The highest BCUT2D eigenvalue weighted by Gasteiger charge is 2.28. The van der Waals surface area contributed by atoms with Crippen molar-refractivity contribution in [2.75, 3.05) is 20.1 Å². The molecule has 5 heteroatoms. The van der Waals surface area contributed by atoms with Gasteiger partial charge in [-0.15, -0.1) is 0 Å². The fourth-order valence-corrected chi connectivity index (χ4v) is 2.46. The molecular formula is C15H21FN2O2. The molecule has 1 aromatic carbocycles. The molecule has 1 aliphatic rings. The number of rotatable bonds is 6. The highest BCUT2D eigenvalue weighted by molar-refractivity contribution is 5.77. The van der Waals surface area contributed by atoms with E-state index in [1.165, 1.54) is 12.1 Å². The van der Waals surface area contributed by atoms with Gasteiger partial charge in [0.25, 0.3) is 0 Å². The second-order valence-corrected chi connectivity index (χ2v) is 5.59. The standard InChI is InChI=1S/C15H21FN2O2/c1-18(9-12-6-14(19)7-12)10-15(20)17-8-11-2-4-13(16)5-3-11/h2-5,12,14,19H,6-10H2,1H3,(H,17,20). The van der Waals surface area contributed by atoms with Crippen LogP contribution in [-0.2, 0) is 11.3 Å². The van der Waals surface area contributed by atoms with Gasteiger partial charge in [-0.3, -0.25) is 9.69 Å². The third-order valence-electron chi connectivity index (χ3n) is 3.60. The number of hydrogen-bond acceptors (Lipinski definition) is 3. The maximum atomic E-state index is 12.7. The zero-order valence-corrected chi connectivity index (χ0v) is 11.7. The molecule has 4 nitrogen and oxygen atoms in total. The summed E-state index contributed by atoms with van der Waals surface area (Å²) in [5.74, 6) is 0.180. The highest BCUT2D eigenvalue weighted by Crippen LogP contribution is 2.27. The normalized spacial score (nSPS) is 21.6. The minimum absolute atomic E-state index is 0.0447. The second kappa shape index (κ2) is 6.81. The molecule has 2 rings (SSSR count). The third-order valence-corrected chi connectivity index (χ3v) is 3.60. The van der Waals surface area contributed by atoms with Crippen molar-refractivity contribution < 1.29 is 14.3 Å². The van der Waals surface area contributed by atoms with Crippen molar-refractivity contribution >= 4 is 5.91 Å². The minimum Gasteiger partial charge on any atom is -0.393 e. The van der Waals surface area contributed by atoms with Gasteiger partial charge in [0, 0.05) is 13.1 Å². The molecule has 0 heterocycles. The van der Waals surface area contributed by atoms with Crippen LogP contribution >= 0.6 is 0 Å². The Morgan fingerprint density at radius 2 is 2.05 bits per heavy atom. The topological polar surface area (TPSA) is 52.6 Å². The lowest BCUT2D eigenvalue weighted by molar-refractivity contribution is -0.122. The monoisotopic (exact) mass is 280 g/mol. The van der Waals surface area contributed by atoms with Gasteiger partial charge < -0.3 is 10.4 Å². The number of nitrogens with one attached hydrogen (secondary N) is 1. The molecule has 2 N–H and O–H groups in total. The third kappa shape index (κ3) is 4.58. The molecule has 0 spiro atoms. The van der Waals surface area contributed by atoms with E-state index in [-0.39, 0.29) is 17.8 Å². The molecule has 0 unspecified atom stereocenters. The van der Waals surface area contributed by atoms with E-state index < -0.39 is 0 Å². The number of nitrogens with zero attached hydrogens (tertiary/aromatic N) is 1. The summed E-state index contributed by atoms with van der Waals surface area (Å²) in [6.07, 6.45) is 1.52. The van der Waals surface area contributed by atoms with Gasteiger partial charge in [-0.2, -0.15) is 0 Å². The second-order valence-electron chi connectivity index (χ2n) is 5.59. The van der Waals surface area contributed by atoms with E-state index in [9.17, 15) is 14.3 Å². The predicted molar refractivity (Wildman–Crippen MR) is 74.5 cm³/mol. The van der Waals surface area contributed by atoms with E-state index in [0.29, 0.717) is 19.0 Å². The van der Waals surface area contributed by atoms with Crippen molar-refractivity contribution in [1.82, 2.24) is 10.2 Å². The molecule has 0 saturated heterocycles. The first-order chi connectivity index (χ1) is 9.52. The van der Waals surface area contributed by atoms with Crippen molar-refractivity contribution in [3.05, 3.63) is 35.6 Å². The fraction of sp³-hybridized carbons (Fsp3) is 0.533. The number of aliphatic hydroxyl groups is 1. The van der Waals surface area contributed by atoms with Crippen LogP contribution in [-0.4, -0.2) is 42.2 Å². The van der Waals surface area contributed by atoms with Gasteiger partial charge in [0.1, 0.15) is 5.82 Å². The Labute approximate surface area is 118 Å². The first-order valence-electron chi connectivity index (χ1n) is 6.90. The van der Waals surface area contributed by atoms with Crippen LogP contribution < -0.4 is 5.32 Å². The van der Waals surface area contributed by atoms with Crippen molar-refractivity contribution in [3.8, 4) is 0 Å². The summed E-state index contributed by atoms with van der Waals surface area (Å²) in [4.78, 5) is 13.7. The van der Waals surface area contributed by atoms with Crippen LogP contribution in [0.2, 0.25) is 0 Å². The number of benzene rings is 1. The van der Waals surface area contributed by atoms with Gasteiger partial charge in [-0.05, 0) is 43.5 Å². The molecule has 1 aliphatic carbocycles. The van der Waals surface area contributed by atoms with E-state index in [2.05, 4.69) is 5.32 Å². The summed E-state index contributed by atoms with van der Waals surface area (Å²) in [6, 6.07) is 6.09. The van der Waals surface area contributed by atoms with Crippen molar-refractivity contribution in [2.24, 2.45) is 5.92 Å². The SMILES string of the molecule is CN(CC(=O)NCc1ccc(F)cc1)CC1CC(O)C1. The van der Waals surface area contributed by atoms with Crippen LogP contribution in [0.5, 0.6) is 0 Å². The Morgan fingerprint density at radius 1 is 1.40 bits per heavy atom. The largest absolute Gasteiger partial charge is 0.393 e. The van der Waals surface area contributed by atoms with Crippen LogP contribution in [0.25, 0.3) is 0 Å². The quantitative estimate of drug-likeness (QED) is 0.822. The summed E-state index contributed by atoms with van der Waals surface area (Å²) in [5.41, 5.74) is 0.879. The Morgan fingerprint density at radius 3 is 2.65 bits per heavy atom. The molecule has 0 radical (unpaired) electrons. The molecular weight excluding hydrogens is 259 g/mol. The van der Waals surface area contributed by atoms with Crippen molar-refractivity contribution in [2.45, 2.75) is 25.5 Å². The molecule has 1 aromatic rings. The van der Waals surface area contributed by atoms with E-state index in [1.54, 1.807) is 12.1 Å². The average Bonchev–Trinajstić information content (AvgIpc) is 2.36. The predicted octanol–water partition coefficient (Wildman–Crippen LogP) is 1.14. The van der Waals surface area contributed by atoms with E-state index in [4.69, 9.17) is 0 Å². The number of likely N-dealkylation sites (N-methyl/N-ethyl adjacent to an activating group) is 1. The van der Waals surface area contributed by atoms with Gasteiger partial charge >= 0.3 is 0 Å². The van der Waals surface area contributed by atoms with Crippen molar-refractivity contribution in [1.29, 1.82) is 0 Å². The minimum atomic E-state index is -0.275. The Balaban J connectivity index is 1.65. The van der Waals surface area contributed by atoms with Crippen LogP contribution in [0.1, 0.15) is 18.4 Å². The Bertz CT molecular complexity index is 444. The molecule has 0 bridgehead atoms. The smallest absolute Gasteiger partial charge is 0.234 e. The fourth-order valence-electron chi connectivity index (χ4n) is 2.46. The molecule has 110 valence electrons. The van der Waals surface area contributed by atoms with Crippen LogP contribution in [0, 0.1) is 11.7 Å². The number of hydrogen-bond donors (Lipinski definition) is 2. The summed E-state index contributed by atoms with van der Waals surface area (Å²) < 4.78 is 12.7. The average molecular weight is 280 g/mol. The van der Waals surface area contributed by atoms with Crippen molar-refractivity contribution in [3.63, 3.8) is 0 Å². The number of amides is 1. The molecule has 1 saturated carbocycles. The zero-order chi connectivity index (χ0) is 14.5. The molecule has 1 amide bonds. The molecule has 20 heavy (non-hydrogen) atoms. The lowest BCUT2D eigenvalue weighted by Crippen LogP contribution is -2.41. The van der Waals surface area contributed by atoms with E-state index in [0.717, 1.165) is 24.9 Å². The maximum absolute atomic E-state index is 12.7. The molecule has 0 aliphatic heterocycles. The number of carbonyl (C=O) groups excluding carboxylic acids is 1. The summed E-state index contributed by atoms with van der Waals surface area (Å²) in [6.45, 7) is 1.59. The Hall–Kier alpha value is -1.46. The summed E-state index contributed by atoms with van der Waals surface area (Å²) in [5, 5.41) is 12.0. The van der Waals surface area contributed by atoms with Crippen LogP contribution in [0.4, 0.5) is 4.39 Å². The van der Waals surface area contributed by atoms with Gasteiger partial charge in [-0.25, -0.2) is 4.39 Å². The molecule has 0 aromatic heterocycles. The van der Waals surface area contributed by atoms with Gasteiger partial charge in [0.05, 0.1) is 12.6 Å². The van der Waals surface area contributed by atoms with E-state index in [1.807, 2.05) is 11.9 Å². The van der Waals surface area contributed by atoms with Gasteiger partial charge in [-0.1, -0.05) is 12.1 Å². The maximum Gasteiger partial charge on any atom is 0.234 e. The number of aliphatic hydroxyl groups excluding tert-OH is 1. The number of halogens is 1. The van der Waals surface area contributed by atoms with Crippen LogP contribution in [0.3, 0.4) is 0 Å². The number of carbonyl (C=O) groups is 1. The Kier molecular flexibility index (Phi) is 5.09. The lowest BCUT2D eigenvalue weighted by Gasteiger charge is -2.34. The molecule has 0 atom stereocenters. The lowest BCUT2D eigenvalue weighted by atomic mass is 9.82. The van der Waals surface area contributed by atoms with E-state index >= 15 is 0 Å². The summed E-state index contributed by atoms with van der Waals surface area (Å²) >= 11 is 0. The first kappa shape index (κ1) is 14.9. The van der Waals surface area contributed by atoms with Gasteiger partial charge in [0.15, 0.2) is 0 Å². The summed E-state index contributed by atoms with van der Waals surface area (Å²) in [7, 11) is 1.90. The van der Waals surface area contributed by atoms with Gasteiger partial charge in [0.2, 0.25) is 5.91 Å². The zero-order valence-electron chi connectivity index (χ0n) is 11.7.